The molecule has 3 rings (SSSR count). The van der Waals surface area contributed by atoms with Crippen LogP contribution >= 0.6 is 0 Å². The highest BCUT2D eigenvalue weighted by Gasteiger charge is 2.34. The van der Waals surface area contributed by atoms with Crippen molar-refractivity contribution < 1.29 is 29.0 Å². The first-order chi connectivity index (χ1) is 12.8. The van der Waals surface area contributed by atoms with Crippen molar-refractivity contribution in [3.63, 3.8) is 0 Å². The van der Waals surface area contributed by atoms with Crippen LogP contribution in [0.4, 0.5) is 0 Å². The normalized spacial score (nSPS) is 15.3. The third-order valence-corrected chi connectivity index (χ3v) is 5.25. The number of carboxylic acids is 1. The number of aliphatic hydroxyl groups excluding tert-OH is 1. The molecule has 0 aliphatic heterocycles. The highest BCUT2D eigenvalue weighted by molar-refractivity contribution is 6.03. The Labute approximate surface area is 157 Å². The number of rotatable bonds is 5. The summed E-state index contributed by atoms with van der Waals surface area (Å²) >= 11 is 0. The van der Waals surface area contributed by atoms with Crippen molar-refractivity contribution in [1.29, 1.82) is 0 Å². The molecule has 0 fully saturated rings. The van der Waals surface area contributed by atoms with Crippen molar-refractivity contribution in [3.05, 3.63) is 46.2 Å². The molecule has 1 aromatic carbocycles. The number of carbonyl (C=O) groups is 2. The molecule has 0 atom stereocenters. The van der Waals surface area contributed by atoms with Crippen molar-refractivity contribution in [1.82, 2.24) is 0 Å². The first-order valence-corrected chi connectivity index (χ1v) is 9.10. The fraction of sp³-hybridized carbons (Fsp3) is 0.429. The van der Waals surface area contributed by atoms with Gasteiger partial charge in [-0.05, 0) is 42.7 Å². The van der Waals surface area contributed by atoms with Crippen LogP contribution in [0, 0.1) is 0 Å². The van der Waals surface area contributed by atoms with E-state index in [0.717, 1.165) is 30.4 Å². The van der Waals surface area contributed by atoms with Crippen molar-refractivity contribution in [2.75, 3.05) is 6.61 Å². The predicted octanol–water partition coefficient (Wildman–Crippen LogP) is 3.93. The van der Waals surface area contributed by atoms with E-state index in [1.165, 1.54) is 6.26 Å². The number of hydrogen-bond acceptors (Lipinski definition) is 5. The smallest absolute Gasteiger partial charge is 0.340 e. The molecule has 0 radical (unpaired) electrons. The number of fused-ring (bicyclic) bond motifs is 1. The van der Waals surface area contributed by atoms with E-state index in [0.29, 0.717) is 11.1 Å². The van der Waals surface area contributed by atoms with Crippen LogP contribution in [0.5, 0.6) is 0 Å². The Morgan fingerprint density at radius 3 is 2.63 bits per heavy atom. The number of benzene rings is 1. The number of carbonyl (C=O) groups excluding carboxylic acids is 1. The van der Waals surface area contributed by atoms with Gasteiger partial charge in [-0.25, -0.2) is 9.59 Å². The number of aromatic carboxylic acids is 1. The largest absolute Gasteiger partial charge is 0.478 e. The summed E-state index contributed by atoms with van der Waals surface area (Å²) in [4.78, 5) is 24.6. The Balaban J connectivity index is 2.30. The molecule has 0 bridgehead atoms. The van der Waals surface area contributed by atoms with Gasteiger partial charge in [0, 0.05) is 11.1 Å². The summed E-state index contributed by atoms with van der Waals surface area (Å²) in [5.74, 6) is -1.63. The molecule has 2 aromatic rings. The molecule has 27 heavy (non-hydrogen) atoms. The third kappa shape index (κ3) is 3.25. The standard InChI is InChI=1S/C21H24O6/c1-4-26-20(25)17-13-6-5-9-21(2,3)15(13)8-7-14(17)18-16(19(23)24)12(10-22)11-27-18/h7-8,11,22H,4-6,9-10H2,1-3H3,(H,23,24). The summed E-state index contributed by atoms with van der Waals surface area (Å²) in [5.41, 5.74) is 2.68. The van der Waals surface area contributed by atoms with Crippen LogP contribution in [0.15, 0.2) is 22.8 Å². The molecule has 144 valence electrons. The fourth-order valence-electron chi connectivity index (χ4n) is 3.95. The maximum Gasteiger partial charge on any atom is 0.340 e. The summed E-state index contributed by atoms with van der Waals surface area (Å²) in [6.45, 7) is 5.77. The average Bonchev–Trinajstić information content (AvgIpc) is 3.05. The van der Waals surface area contributed by atoms with Crippen LogP contribution in [0.25, 0.3) is 11.3 Å². The molecule has 0 saturated carbocycles. The zero-order chi connectivity index (χ0) is 19.8. The lowest BCUT2D eigenvalue weighted by Gasteiger charge is -2.34. The second-order valence-electron chi connectivity index (χ2n) is 7.40. The van der Waals surface area contributed by atoms with Crippen LogP contribution in [-0.2, 0) is 23.2 Å². The lowest BCUT2D eigenvalue weighted by atomic mass is 9.70. The quantitative estimate of drug-likeness (QED) is 0.772. The molecule has 1 aliphatic rings. The Kier molecular flexibility index (Phi) is 5.11. The highest BCUT2D eigenvalue weighted by Crippen LogP contribution is 2.42. The van der Waals surface area contributed by atoms with Crippen molar-refractivity contribution in [3.8, 4) is 11.3 Å². The van der Waals surface area contributed by atoms with E-state index in [2.05, 4.69) is 13.8 Å². The van der Waals surface area contributed by atoms with E-state index in [1.54, 1.807) is 13.0 Å². The van der Waals surface area contributed by atoms with Gasteiger partial charge in [0.25, 0.3) is 0 Å². The van der Waals surface area contributed by atoms with Crippen LogP contribution in [0.2, 0.25) is 0 Å². The van der Waals surface area contributed by atoms with E-state index >= 15 is 0 Å². The lowest BCUT2D eigenvalue weighted by Crippen LogP contribution is -2.26. The van der Waals surface area contributed by atoms with Crippen molar-refractivity contribution in [2.45, 2.75) is 52.1 Å². The molecule has 1 aromatic heterocycles. The highest BCUT2D eigenvalue weighted by atomic mass is 16.5. The van der Waals surface area contributed by atoms with E-state index in [-0.39, 0.29) is 28.9 Å². The summed E-state index contributed by atoms with van der Waals surface area (Å²) in [7, 11) is 0. The van der Waals surface area contributed by atoms with Crippen LogP contribution in [-0.4, -0.2) is 28.8 Å². The minimum atomic E-state index is -1.21. The molecule has 0 unspecified atom stereocenters. The Hall–Kier alpha value is -2.60. The van der Waals surface area contributed by atoms with Gasteiger partial charge in [-0.1, -0.05) is 26.0 Å². The summed E-state index contributed by atoms with van der Waals surface area (Å²) in [5, 5.41) is 19.0. The van der Waals surface area contributed by atoms with Crippen LogP contribution in [0.3, 0.4) is 0 Å². The van der Waals surface area contributed by atoms with E-state index in [9.17, 15) is 19.8 Å². The molecule has 2 N–H and O–H groups in total. The molecular formula is C21H24O6. The Morgan fingerprint density at radius 1 is 1.26 bits per heavy atom. The molecule has 6 heteroatoms. The second-order valence-corrected chi connectivity index (χ2v) is 7.40. The van der Waals surface area contributed by atoms with Gasteiger partial charge >= 0.3 is 11.9 Å². The molecule has 1 aliphatic carbocycles. The number of aliphatic hydroxyl groups is 1. The molecule has 0 saturated heterocycles. The summed E-state index contributed by atoms with van der Waals surface area (Å²) < 4.78 is 10.8. The average molecular weight is 372 g/mol. The predicted molar refractivity (Wildman–Crippen MR) is 98.9 cm³/mol. The van der Waals surface area contributed by atoms with Gasteiger partial charge in [-0.2, -0.15) is 0 Å². The number of ether oxygens (including phenoxy) is 1. The van der Waals surface area contributed by atoms with Gasteiger partial charge in [0.1, 0.15) is 11.3 Å². The topological polar surface area (TPSA) is 97.0 Å². The minimum absolute atomic E-state index is 0.0702. The maximum absolute atomic E-state index is 12.8. The molecule has 0 spiro atoms. The van der Waals surface area contributed by atoms with Gasteiger partial charge in [0.15, 0.2) is 0 Å². The monoisotopic (exact) mass is 372 g/mol. The van der Waals surface area contributed by atoms with Gasteiger partial charge in [-0.15, -0.1) is 0 Å². The minimum Gasteiger partial charge on any atom is -0.478 e. The summed E-state index contributed by atoms with van der Waals surface area (Å²) in [6, 6.07) is 3.67. The SMILES string of the molecule is CCOC(=O)c1c(-c2occ(CO)c2C(=O)O)ccc2c1CCCC2(C)C. The van der Waals surface area contributed by atoms with Crippen molar-refractivity contribution >= 4 is 11.9 Å². The number of esters is 1. The first kappa shape index (κ1) is 19.2. The van der Waals surface area contributed by atoms with Gasteiger partial charge in [-0.3, -0.25) is 0 Å². The van der Waals surface area contributed by atoms with E-state index in [1.807, 2.05) is 6.07 Å². The molecule has 0 amide bonds. The van der Waals surface area contributed by atoms with E-state index < -0.39 is 18.5 Å². The Morgan fingerprint density at radius 2 is 2.00 bits per heavy atom. The zero-order valence-corrected chi connectivity index (χ0v) is 15.8. The zero-order valence-electron chi connectivity index (χ0n) is 15.8. The molecule has 6 nitrogen and oxygen atoms in total. The fourth-order valence-corrected chi connectivity index (χ4v) is 3.95. The van der Waals surface area contributed by atoms with Crippen LogP contribution in [0.1, 0.15) is 71.0 Å². The van der Waals surface area contributed by atoms with Gasteiger partial charge in [0.05, 0.1) is 25.0 Å². The lowest BCUT2D eigenvalue weighted by molar-refractivity contribution is 0.0524. The number of carboxylic acid groups (broad SMARTS) is 1. The third-order valence-electron chi connectivity index (χ3n) is 5.25. The van der Waals surface area contributed by atoms with E-state index in [4.69, 9.17) is 9.15 Å². The van der Waals surface area contributed by atoms with Gasteiger partial charge in [0.2, 0.25) is 0 Å². The van der Waals surface area contributed by atoms with Crippen molar-refractivity contribution in [2.24, 2.45) is 0 Å². The molecule has 1 heterocycles. The number of furan rings is 1. The van der Waals surface area contributed by atoms with Crippen LogP contribution < -0.4 is 0 Å². The number of hydrogen-bond donors (Lipinski definition) is 2. The van der Waals surface area contributed by atoms with Gasteiger partial charge < -0.3 is 19.4 Å². The Bertz CT molecular complexity index is 890. The first-order valence-electron chi connectivity index (χ1n) is 9.10. The maximum atomic E-state index is 12.8. The molecular weight excluding hydrogens is 348 g/mol. The summed E-state index contributed by atoms with van der Waals surface area (Å²) in [6.07, 6.45) is 3.88. The second kappa shape index (κ2) is 7.19.